The van der Waals surface area contributed by atoms with E-state index in [1.807, 2.05) is 24.3 Å². The molecular weight excluding hydrogens is 258 g/mol. The van der Waals surface area contributed by atoms with Gasteiger partial charge < -0.3 is 19.7 Å². The highest BCUT2D eigenvalue weighted by Gasteiger charge is 2.28. The van der Waals surface area contributed by atoms with Gasteiger partial charge in [-0.15, -0.1) is 0 Å². The highest BCUT2D eigenvalue weighted by Crippen LogP contribution is 2.33. The van der Waals surface area contributed by atoms with Gasteiger partial charge in [0.25, 0.3) is 5.91 Å². The molecule has 20 heavy (non-hydrogen) atoms. The van der Waals surface area contributed by atoms with Crippen LogP contribution in [0.1, 0.15) is 0 Å². The zero-order valence-electron chi connectivity index (χ0n) is 10.8. The molecule has 0 atom stereocenters. The van der Waals surface area contributed by atoms with E-state index in [0.717, 1.165) is 5.69 Å². The summed E-state index contributed by atoms with van der Waals surface area (Å²) < 4.78 is 10.7. The maximum atomic E-state index is 12.3. The molecule has 0 aliphatic carbocycles. The molecule has 0 unspecified atom stereocenters. The molecule has 1 amide bonds. The average molecular weight is 271 g/mol. The van der Waals surface area contributed by atoms with Crippen molar-refractivity contribution in [2.75, 3.05) is 31.6 Å². The fraction of sp³-hybridized carbons (Fsp3) is 0.286. The number of hydrogen-bond donors (Lipinski definition) is 1. The van der Waals surface area contributed by atoms with Crippen molar-refractivity contribution in [3.8, 4) is 11.8 Å². The normalized spacial score (nSPS) is 19.4. The summed E-state index contributed by atoms with van der Waals surface area (Å²) in [7, 11) is 0. The van der Waals surface area contributed by atoms with E-state index in [1.54, 1.807) is 11.0 Å². The molecule has 2 heterocycles. The Morgan fingerprint density at radius 3 is 2.75 bits per heavy atom. The van der Waals surface area contributed by atoms with Crippen LogP contribution < -0.4 is 10.1 Å². The van der Waals surface area contributed by atoms with Crippen molar-refractivity contribution in [1.82, 2.24) is 4.90 Å². The highest BCUT2D eigenvalue weighted by molar-refractivity contribution is 5.98. The number of nitrogens with one attached hydrogen (secondary N) is 1. The molecule has 6 heteroatoms. The molecule has 102 valence electrons. The molecule has 0 bridgehead atoms. The van der Waals surface area contributed by atoms with Gasteiger partial charge in [0.1, 0.15) is 6.07 Å². The molecule has 0 aromatic heterocycles. The molecule has 0 radical (unpaired) electrons. The van der Waals surface area contributed by atoms with Gasteiger partial charge in [0, 0.05) is 13.1 Å². The lowest BCUT2D eigenvalue weighted by atomic mass is 10.2. The van der Waals surface area contributed by atoms with Crippen LogP contribution in [-0.2, 0) is 9.53 Å². The largest absolute Gasteiger partial charge is 0.437 e. The van der Waals surface area contributed by atoms with Crippen LogP contribution in [0.25, 0.3) is 0 Å². The average Bonchev–Trinajstić information content (AvgIpc) is 2.92. The molecule has 0 saturated carbocycles. The van der Waals surface area contributed by atoms with E-state index in [2.05, 4.69) is 5.32 Å². The third-order valence-corrected chi connectivity index (χ3v) is 3.20. The van der Waals surface area contributed by atoms with Crippen molar-refractivity contribution >= 4 is 11.6 Å². The summed E-state index contributed by atoms with van der Waals surface area (Å²) in [5.41, 5.74) is 0.744. The van der Waals surface area contributed by atoms with E-state index < -0.39 is 0 Å². The van der Waals surface area contributed by atoms with Crippen LogP contribution in [0.2, 0.25) is 0 Å². The number of amides is 1. The molecule has 1 saturated heterocycles. The number of ether oxygens (including phenoxy) is 2. The van der Waals surface area contributed by atoms with E-state index in [1.165, 1.54) is 0 Å². The minimum atomic E-state index is -0.328. The molecule has 1 aromatic carbocycles. The maximum Gasteiger partial charge on any atom is 0.270 e. The first kappa shape index (κ1) is 12.5. The zero-order valence-corrected chi connectivity index (χ0v) is 10.8. The van der Waals surface area contributed by atoms with Crippen LogP contribution in [0, 0.1) is 11.3 Å². The third kappa shape index (κ3) is 2.19. The van der Waals surface area contributed by atoms with Crippen LogP contribution in [0.3, 0.4) is 0 Å². The van der Waals surface area contributed by atoms with Crippen molar-refractivity contribution in [3.63, 3.8) is 0 Å². The predicted octanol–water partition coefficient (Wildman–Crippen LogP) is 1.08. The molecule has 2 aliphatic heterocycles. The number of para-hydroxylation sites is 2. The van der Waals surface area contributed by atoms with Crippen molar-refractivity contribution in [2.45, 2.75) is 0 Å². The maximum absolute atomic E-state index is 12.3. The van der Waals surface area contributed by atoms with E-state index in [9.17, 15) is 10.1 Å². The van der Waals surface area contributed by atoms with Gasteiger partial charge in [-0.3, -0.25) is 4.79 Å². The van der Waals surface area contributed by atoms with Gasteiger partial charge in [-0.25, -0.2) is 0 Å². The van der Waals surface area contributed by atoms with E-state index in [0.29, 0.717) is 32.1 Å². The van der Waals surface area contributed by atoms with Gasteiger partial charge in [-0.1, -0.05) is 12.1 Å². The summed E-state index contributed by atoms with van der Waals surface area (Å²) in [5.74, 6) is 0.487. The fourth-order valence-electron chi connectivity index (χ4n) is 2.15. The smallest absolute Gasteiger partial charge is 0.270 e. The summed E-state index contributed by atoms with van der Waals surface area (Å²) >= 11 is 0. The van der Waals surface area contributed by atoms with Crippen molar-refractivity contribution in [1.29, 1.82) is 5.26 Å². The molecule has 1 aromatic rings. The van der Waals surface area contributed by atoms with Gasteiger partial charge in [-0.2, -0.15) is 5.26 Å². The van der Waals surface area contributed by atoms with Crippen molar-refractivity contribution in [3.05, 3.63) is 35.7 Å². The van der Waals surface area contributed by atoms with Crippen LogP contribution in [-0.4, -0.2) is 37.1 Å². The highest BCUT2D eigenvalue weighted by atomic mass is 16.5. The Balaban J connectivity index is 1.86. The second kappa shape index (κ2) is 5.23. The Kier molecular flexibility index (Phi) is 3.27. The first-order valence-corrected chi connectivity index (χ1v) is 6.35. The minimum absolute atomic E-state index is 0.0110. The van der Waals surface area contributed by atoms with E-state index in [-0.39, 0.29) is 17.4 Å². The fourth-order valence-corrected chi connectivity index (χ4v) is 2.15. The summed E-state index contributed by atoms with van der Waals surface area (Å²) in [4.78, 5) is 13.9. The molecule has 1 N–H and O–H groups in total. The predicted molar refractivity (Wildman–Crippen MR) is 70.7 cm³/mol. The number of nitriles is 1. The lowest BCUT2D eigenvalue weighted by Crippen LogP contribution is -2.41. The zero-order chi connectivity index (χ0) is 13.9. The number of morpholine rings is 1. The SMILES string of the molecule is N#CC(C(=O)N1CCOCC1)=C1Nc2ccccc2O1. The Morgan fingerprint density at radius 1 is 1.30 bits per heavy atom. The Morgan fingerprint density at radius 2 is 2.05 bits per heavy atom. The monoisotopic (exact) mass is 271 g/mol. The first-order chi connectivity index (χ1) is 9.79. The Bertz CT molecular complexity index is 585. The number of anilines is 1. The van der Waals surface area contributed by atoms with E-state index in [4.69, 9.17) is 9.47 Å². The molecule has 0 spiro atoms. The number of fused-ring (bicyclic) bond motifs is 1. The lowest BCUT2D eigenvalue weighted by Gasteiger charge is -2.26. The molecule has 6 nitrogen and oxygen atoms in total. The van der Waals surface area contributed by atoms with Crippen LogP contribution in [0.15, 0.2) is 35.7 Å². The number of carbonyl (C=O) groups excluding carboxylic acids is 1. The van der Waals surface area contributed by atoms with Crippen molar-refractivity contribution < 1.29 is 14.3 Å². The quantitative estimate of drug-likeness (QED) is 0.611. The van der Waals surface area contributed by atoms with Crippen molar-refractivity contribution in [2.24, 2.45) is 0 Å². The van der Waals surface area contributed by atoms with Gasteiger partial charge in [0.15, 0.2) is 11.3 Å². The third-order valence-electron chi connectivity index (χ3n) is 3.20. The van der Waals surface area contributed by atoms with Crippen LogP contribution in [0.5, 0.6) is 5.75 Å². The van der Waals surface area contributed by atoms with Gasteiger partial charge >= 0.3 is 0 Å². The van der Waals surface area contributed by atoms with Crippen LogP contribution >= 0.6 is 0 Å². The Labute approximate surface area is 116 Å². The van der Waals surface area contributed by atoms with Gasteiger partial charge in [0.05, 0.1) is 18.9 Å². The summed E-state index contributed by atoms with van der Waals surface area (Å²) in [5, 5.41) is 12.2. The number of carbonyl (C=O) groups is 1. The summed E-state index contributed by atoms with van der Waals surface area (Å²) in [6.45, 7) is 1.97. The molecule has 1 fully saturated rings. The standard InChI is InChI=1S/C14H13N3O3/c15-9-10(14(18)17-5-7-19-8-6-17)13-16-11-3-1-2-4-12(11)20-13/h1-4,16H,5-8H2. The number of benzene rings is 1. The van der Waals surface area contributed by atoms with E-state index >= 15 is 0 Å². The minimum Gasteiger partial charge on any atom is -0.437 e. The second-order valence-electron chi connectivity index (χ2n) is 4.44. The molecular formula is C14H13N3O3. The summed E-state index contributed by atoms with van der Waals surface area (Å²) in [6, 6.07) is 9.23. The Hall–Kier alpha value is -2.52. The second-order valence-corrected chi connectivity index (χ2v) is 4.44. The number of hydrogen-bond acceptors (Lipinski definition) is 5. The number of nitrogens with zero attached hydrogens (tertiary/aromatic N) is 2. The lowest BCUT2D eigenvalue weighted by molar-refractivity contribution is -0.130. The van der Waals surface area contributed by atoms with Gasteiger partial charge in [0.2, 0.25) is 5.88 Å². The first-order valence-electron chi connectivity index (χ1n) is 6.35. The number of rotatable bonds is 1. The van der Waals surface area contributed by atoms with Gasteiger partial charge in [-0.05, 0) is 12.1 Å². The molecule has 3 rings (SSSR count). The topological polar surface area (TPSA) is 74.6 Å². The molecule has 2 aliphatic rings. The van der Waals surface area contributed by atoms with Crippen LogP contribution in [0.4, 0.5) is 5.69 Å². The summed E-state index contributed by atoms with van der Waals surface area (Å²) in [6.07, 6.45) is 0.